The number of imide groups is 2. The maximum absolute atomic E-state index is 13.3. The van der Waals surface area contributed by atoms with Gasteiger partial charge in [-0.15, -0.1) is 0 Å². The van der Waals surface area contributed by atoms with E-state index in [4.69, 9.17) is 27.9 Å². The topological polar surface area (TPSA) is 92.8 Å². The molecule has 1 N–H and O–H groups in total. The van der Waals surface area contributed by atoms with Gasteiger partial charge in [-0.2, -0.15) is 0 Å². The molecule has 0 atom stereocenters. The summed E-state index contributed by atoms with van der Waals surface area (Å²) in [7, 11) is 0. The number of hydrogen-bond donors (Lipinski definition) is 1. The molecule has 0 aliphatic carbocycles. The van der Waals surface area contributed by atoms with Crippen LogP contribution in [0.4, 0.5) is 10.5 Å². The summed E-state index contributed by atoms with van der Waals surface area (Å²) >= 11 is 18.7. The Kier molecular flexibility index (Phi) is 7.65. The van der Waals surface area contributed by atoms with Crippen molar-refractivity contribution in [1.29, 1.82) is 0 Å². The fourth-order valence-corrected chi connectivity index (χ4v) is 5.16. The van der Waals surface area contributed by atoms with Crippen molar-refractivity contribution in [3.05, 3.63) is 95.9 Å². The zero-order valence-electron chi connectivity index (χ0n) is 18.3. The Labute approximate surface area is 232 Å². The third-order valence-electron chi connectivity index (χ3n) is 5.08. The highest BCUT2D eigenvalue weighted by molar-refractivity contribution is 9.11. The molecule has 182 valence electrons. The average molecular weight is 653 g/mol. The van der Waals surface area contributed by atoms with Gasteiger partial charge in [0.25, 0.3) is 11.8 Å². The summed E-state index contributed by atoms with van der Waals surface area (Å²) in [5.41, 5.74) is 1.17. The molecule has 1 aliphatic heterocycles. The Balaban J connectivity index is 1.75. The number of aryl methyl sites for hydroxylation is 1. The SMILES string of the molecule is Cc1ccc(N2C(=O)NC(=O)/C(=C/c3cc(Br)cc(Br)c3OC(=O)c3ccc(Cl)cc3Cl)C2=O)cc1. The molecule has 0 bridgehead atoms. The third-order valence-corrected chi connectivity index (χ3v) is 6.67. The lowest BCUT2D eigenvalue weighted by atomic mass is 10.1. The summed E-state index contributed by atoms with van der Waals surface area (Å²) in [5, 5.41) is 2.61. The van der Waals surface area contributed by atoms with E-state index < -0.39 is 23.8 Å². The van der Waals surface area contributed by atoms with Crippen molar-refractivity contribution in [2.75, 3.05) is 4.90 Å². The van der Waals surface area contributed by atoms with Crippen LogP contribution in [0.25, 0.3) is 6.08 Å². The second kappa shape index (κ2) is 10.6. The second-order valence-corrected chi connectivity index (χ2v) is 10.2. The van der Waals surface area contributed by atoms with E-state index in [0.717, 1.165) is 10.5 Å². The van der Waals surface area contributed by atoms with Gasteiger partial charge in [-0.05, 0) is 71.4 Å². The van der Waals surface area contributed by atoms with E-state index in [1.165, 1.54) is 24.3 Å². The predicted octanol–water partition coefficient (Wildman–Crippen LogP) is 6.71. The summed E-state index contributed by atoms with van der Waals surface area (Å²) in [6, 6.07) is 13.3. The second-order valence-electron chi connectivity index (χ2n) is 7.61. The number of amides is 4. The number of carbonyl (C=O) groups is 4. The average Bonchev–Trinajstić information content (AvgIpc) is 2.79. The fraction of sp³-hybridized carbons (Fsp3) is 0.0400. The number of ether oxygens (including phenoxy) is 1. The minimum atomic E-state index is -0.887. The smallest absolute Gasteiger partial charge is 0.345 e. The molecular weight excluding hydrogens is 639 g/mol. The van der Waals surface area contributed by atoms with Gasteiger partial charge in [0, 0.05) is 15.1 Å². The molecule has 1 saturated heterocycles. The fourth-order valence-electron chi connectivity index (χ4n) is 3.34. The monoisotopic (exact) mass is 650 g/mol. The quantitative estimate of drug-likeness (QED) is 0.146. The van der Waals surface area contributed by atoms with Gasteiger partial charge in [0.2, 0.25) is 0 Å². The number of nitrogens with one attached hydrogen (secondary N) is 1. The van der Waals surface area contributed by atoms with Gasteiger partial charge >= 0.3 is 12.0 Å². The normalized spacial score (nSPS) is 14.8. The van der Waals surface area contributed by atoms with Crippen LogP contribution in [-0.2, 0) is 9.59 Å². The number of barbiturate groups is 1. The van der Waals surface area contributed by atoms with Crippen molar-refractivity contribution in [1.82, 2.24) is 5.32 Å². The molecule has 0 aromatic heterocycles. The van der Waals surface area contributed by atoms with Crippen LogP contribution in [0.5, 0.6) is 5.75 Å². The zero-order valence-corrected chi connectivity index (χ0v) is 23.0. The van der Waals surface area contributed by atoms with E-state index in [1.807, 2.05) is 6.92 Å². The molecule has 3 aromatic rings. The first-order chi connectivity index (χ1) is 17.0. The number of benzene rings is 3. The van der Waals surface area contributed by atoms with Gasteiger partial charge in [-0.3, -0.25) is 14.9 Å². The third kappa shape index (κ3) is 5.39. The molecule has 11 heteroatoms. The minimum absolute atomic E-state index is 0.0288. The van der Waals surface area contributed by atoms with Crippen molar-refractivity contribution in [3.63, 3.8) is 0 Å². The van der Waals surface area contributed by atoms with Crippen LogP contribution in [-0.4, -0.2) is 23.8 Å². The Bertz CT molecular complexity index is 1470. The molecule has 4 amide bonds. The summed E-state index contributed by atoms with van der Waals surface area (Å²) in [5.74, 6) is -2.47. The number of nitrogens with zero attached hydrogens (tertiary/aromatic N) is 1. The summed E-state index contributed by atoms with van der Waals surface area (Å²) in [6.07, 6.45) is 1.24. The molecule has 36 heavy (non-hydrogen) atoms. The molecule has 0 spiro atoms. The lowest BCUT2D eigenvalue weighted by Gasteiger charge is -2.26. The number of hydrogen-bond acceptors (Lipinski definition) is 5. The number of anilines is 1. The van der Waals surface area contributed by atoms with Gasteiger partial charge in [-0.1, -0.05) is 56.8 Å². The van der Waals surface area contributed by atoms with Crippen molar-refractivity contribution in [2.45, 2.75) is 6.92 Å². The Hall–Kier alpha value is -2.98. The number of halogens is 4. The van der Waals surface area contributed by atoms with Crippen molar-refractivity contribution in [3.8, 4) is 5.75 Å². The largest absolute Gasteiger partial charge is 0.421 e. The van der Waals surface area contributed by atoms with Crippen molar-refractivity contribution < 1.29 is 23.9 Å². The zero-order chi connectivity index (χ0) is 26.1. The van der Waals surface area contributed by atoms with Crippen LogP contribution >= 0.6 is 55.1 Å². The predicted molar refractivity (Wildman–Crippen MR) is 143 cm³/mol. The molecule has 0 saturated carbocycles. The molecule has 1 heterocycles. The summed E-state index contributed by atoms with van der Waals surface area (Å²) in [6.45, 7) is 1.86. The highest BCUT2D eigenvalue weighted by atomic mass is 79.9. The van der Waals surface area contributed by atoms with E-state index >= 15 is 0 Å². The van der Waals surface area contributed by atoms with Crippen LogP contribution in [0, 0.1) is 6.92 Å². The van der Waals surface area contributed by atoms with E-state index in [2.05, 4.69) is 37.2 Å². The molecular formula is C25H14Br2Cl2N2O5. The van der Waals surface area contributed by atoms with Crippen LogP contribution in [0.1, 0.15) is 21.5 Å². The molecule has 1 fully saturated rings. The Morgan fingerprint density at radius 1 is 1.00 bits per heavy atom. The summed E-state index contributed by atoms with van der Waals surface area (Å²) in [4.78, 5) is 52.1. The number of carbonyl (C=O) groups excluding carboxylic acids is 4. The van der Waals surface area contributed by atoms with Gasteiger partial charge < -0.3 is 4.74 Å². The highest BCUT2D eigenvalue weighted by Crippen LogP contribution is 2.36. The Morgan fingerprint density at radius 2 is 1.69 bits per heavy atom. The van der Waals surface area contributed by atoms with Crippen LogP contribution in [0.3, 0.4) is 0 Å². The molecule has 0 unspecified atom stereocenters. The van der Waals surface area contributed by atoms with Crippen molar-refractivity contribution >= 4 is 90.6 Å². The maximum atomic E-state index is 13.3. The lowest BCUT2D eigenvalue weighted by molar-refractivity contribution is -0.122. The Morgan fingerprint density at radius 3 is 2.36 bits per heavy atom. The molecule has 0 radical (unpaired) electrons. The molecule has 1 aliphatic rings. The standard InChI is InChI=1S/C25H14Br2Cl2N2O5/c1-12-2-5-16(6-3-12)31-23(33)18(22(32)30-25(31)35)9-13-8-14(26)10-19(27)21(13)36-24(34)17-7-4-15(28)11-20(17)29/h2-11H,1H3,(H,30,32,35)/b18-9-. The number of rotatable bonds is 4. The van der Waals surface area contributed by atoms with Crippen LogP contribution in [0.2, 0.25) is 10.0 Å². The minimum Gasteiger partial charge on any atom is -0.421 e. The first kappa shape index (κ1) is 26.1. The van der Waals surface area contributed by atoms with Gasteiger partial charge in [-0.25, -0.2) is 14.5 Å². The lowest BCUT2D eigenvalue weighted by Crippen LogP contribution is -2.54. The first-order valence-electron chi connectivity index (χ1n) is 10.2. The van der Waals surface area contributed by atoms with E-state index in [1.54, 1.807) is 36.4 Å². The van der Waals surface area contributed by atoms with Gasteiger partial charge in [0.15, 0.2) is 5.75 Å². The van der Waals surface area contributed by atoms with Gasteiger partial charge in [0.1, 0.15) is 5.57 Å². The summed E-state index contributed by atoms with van der Waals surface area (Å²) < 4.78 is 6.52. The van der Waals surface area contributed by atoms with Crippen molar-refractivity contribution in [2.24, 2.45) is 0 Å². The van der Waals surface area contributed by atoms with E-state index in [9.17, 15) is 19.2 Å². The molecule has 4 rings (SSSR count). The first-order valence-corrected chi connectivity index (χ1v) is 12.5. The number of urea groups is 1. The van der Waals surface area contributed by atoms with Crippen LogP contribution in [0.15, 0.2) is 69.1 Å². The highest BCUT2D eigenvalue weighted by Gasteiger charge is 2.37. The van der Waals surface area contributed by atoms with E-state index in [0.29, 0.717) is 19.7 Å². The number of esters is 1. The van der Waals surface area contributed by atoms with Crippen LogP contribution < -0.4 is 15.0 Å². The van der Waals surface area contributed by atoms with E-state index in [-0.39, 0.29) is 27.5 Å². The molecule has 3 aromatic carbocycles. The molecule has 7 nitrogen and oxygen atoms in total. The van der Waals surface area contributed by atoms with Gasteiger partial charge in [0.05, 0.1) is 20.7 Å². The maximum Gasteiger partial charge on any atom is 0.345 e.